The molecule has 0 spiro atoms. The Labute approximate surface area is 229 Å². The quantitative estimate of drug-likeness (QED) is 0.204. The van der Waals surface area contributed by atoms with E-state index in [-0.39, 0.29) is 17.3 Å². The number of methoxy groups -OCH3 is 1. The molecule has 2 aliphatic heterocycles. The zero-order valence-electron chi connectivity index (χ0n) is 22.1. The van der Waals surface area contributed by atoms with Crippen molar-refractivity contribution in [3.05, 3.63) is 36.7 Å². The first-order chi connectivity index (χ1) is 19.1. The van der Waals surface area contributed by atoms with Gasteiger partial charge in [-0.3, -0.25) is 14.2 Å². The molecule has 0 bridgehead atoms. The van der Waals surface area contributed by atoms with Gasteiger partial charge in [-0.2, -0.15) is 9.97 Å². The van der Waals surface area contributed by atoms with E-state index in [1.807, 2.05) is 4.90 Å². The fourth-order valence-corrected chi connectivity index (χ4v) is 5.43. The smallest absolute Gasteiger partial charge is 0.468 e. The molecule has 0 amide bonds. The molecule has 2 aliphatic rings. The van der Waals surface area contributed by atoms with Crippen LogP contribution in [0.3, 0.4) is 0 Å². The van der Waals surface area contributed by atoms with Crippen molar-refractivity contribution in [3.8, 4) is 5.75 Å². The number of fused-ring (bicyclic) bond motifs is 1. The number of imidazole rings is 1. The van der Waals surface area contributed by atoms with E-state index in [4.69, 9.17) is 24.6 Å². The van der Waals surface area contributed by atoms with E-state index in [0.717, 1.165) is 24.3 Å². The van der Waals surface area contributed by atoms with Crippen LogP contribution < -0.4 is 15.2 Å². The van der Waals surface area contributed by atoms with Gasteiger partial charge in [-0.15, -0.1) is 0 Å². The maximum Gasteiger partial charge on any atom is 0.693 e. The van der Waals surface area contributed by atoms with Crippen molar-refractivity contribution in [3.63, 3.8) is 0 Å². The molecule has 0 aliphatic carbocycles. The molecule has 2 saturated heterocycles. The lowest BCUT2D eigenvalue weighted by molar-refractivity contribution is -0.179. The van der Waals surface area contributed by atoms with Gasteiger partial charge in [0, 0.05) is 17.7 Å². The van der Waals surface area contributed by atoms with Crippen LogP contribution in [0.1, 0.15) is 26.5 Å². The number of anilines is 2. The van der Waals surface area contributed by atoms with Gasteiger partial charge in [-0.1, -0.05) is 18.2 Å². The van der Waals surface area contributed by atoms with Gasteiger partial charge >= 0.3 is 14.1 Å². The van der Waals surface area contributed by atoms with Gasteiger partial charge < -0.3 is 25.2 Å². The average Bonchev–Trinajstić information content (AvgIpc) is 3.41. The fraction of sp³-hybridized carbons (Fsp3) is 0.500. The van der Waals surface area contributed by atoms with E-state index in [0.29, 0.717) is 11.3 Å². The van der Waals surface area contributed by atoms with Crippen LogP contribution in [0.4, 0.5) is 16.2 Å². The molecule has 6 atom stereocenters. The van der Waals surface area contributed by atoms with Gasteiger partial charge in [-0.05, 0) is 32.4 Å². The Kier molecular flexibility index (Phi) is 7.84. The molecule has 40 heavy (non-hydrogen) atoms. The van der Waals surface area contributed by atoms with Crippen LogP contribution in [0.25, 0.3) is 11.2 Å². The molecular weight excluding hydrogens is 548 g/mol. The normalized spacial score (nSPS) is 25.6. The first-order valence-corrected chi connectivity index (χ1v) is 13.7. The van der Waals surface area contributed by atoms with E-state index < -0.39 is 50.9 Å². The molecule has 3 aromatic rings. The molecule has 3 N–H and O–H groups in total. The summed E-state index contributed by atoms with van der Waals surface area (Å²) in [5, 5.41) is 10.9. The molecular formula is C24H30FN7O7P+. The number of halogens is 1. The van der Waals surface area contributed by atoms with Crippen molar-refractivity contribution in [2.24, 2.45) is 0 Å². The fourth-order valence-electron chi connectivity index (χ4n) is 4.51. The molecule has 0 radical (unpaired) electrons. The summed E-state index contributed by atoms with van der Waals surface area (Å²) in [4.78, 5) is 33.6. The second-order valence-corrected chi connectivity index (χ2v) is 10.7. The molecule has 14 nitrogen and oxygen atoms in total. The summed E-state index contributed by atoms with van der Waals surface area (Å²) < 4.78 is 46.5. The summed E-state index contributed by atoms with van der Waals surface area (Å²) >= 11 is 0. The number of hydroxylamine groups is 1. The minimum absolute atomic E-state index is 0.00945. The number of aromatic nitrogens is 4. The number of para-hydroxylation sites is 1. The number of nitrogens with zero attached hydrogens (tertiary/aromatic N) is 6. The third kappa shape index (κ3) is 5.18. The second kappa shape index (κ2) is 11.2. The van der Waals surface area contributed by atoms with E-state index in [1.54, 1.807) is 30.3 Å². The van der Waals surface area contributed by atoms with Gasteiger partial charge in [0.25, 0.3) is 0 Å². The van der Waals surface area contributed by atoms with Gasteiger partial charge in [0.2, 0.25) is 5.95 Å². The Balaban J connectivity index is 1.36. The zero-order valence-corrected chi connectivity index (χ0v) is 23.0. The van der Waals surface area contributed by atoms with Crippen LogP contribution in [-0.4, -0.2) is 86.2 Å². The van der Waals surface area contributed by atoms with E-state index in [2.05, 4.69) is 15.0 Å². The van der Waals surface area contributed by atoms with E-state index >= 15 is 4.39 Å². The Morgan fingerprint density at radius 3 is 2.73 bits per heavy atom. The lowest BCUT2D eigenvalue weighted by Gasteiger charge is -2.32. The number of nitrogens with two attached hydrogens (primary N) is 1. The molecule has 16 heteroatoms. The van der Waals surface area contributed by atoms with Gasteiger partial charge in [0.1, 0.15) is 18.8 Å². The minimum Gasteiger partial charge on any atom is -0.468 e. The van der Waals surface area contributed by atoms with Crippen molar-refractivity contribution < 1.29 is 37.7 Å². The van der Waals surface area contributed by atoms with Crippen LogP contribution in [-0.2, 0) is 23.7 Å². The molecule has 2 aromatic heterocycles. The SMILES string of the molecule is COC(=O)[C@H](C)N(OC[C@H]1O[C@@H](n2cnc3c(N4CCC4)nc(N)nc32)[C@](C)(F)[C@@H]1O)[P+](=O)Oc1ccccc1. The highest BCUT2D eigenvalue weighted by Gasteiger charge is 2.56. The number of aliphatic hydroxyl groups excluding tert-OH is 1. The summed E-state index contributed by atoms with van der Waals surface area (Å²) in [7, 11) is -1.59. The first-order valence-electron chi connectivity index (χ1n) is 12.6. The number of hydrogen-bond donors (Lipinski definition) is 2. The highest BCUT2D eigenvalue weighted by atomic mass is 31.1. The highest BCUT2D eigenvalue weighted by Crippen LogP contribution is 2.44. The molecule has 1 unspecified atom stereocenters. The largest absolute Gasteiger partial charge is 0.693 e. The molecule has 0 saturated carbocycles. The van der Waals surface area contributed by atoms with E-state index in [9.17, 15) is 14.5 Å². The minimum atomic E-state index is -2.76. The number of carbonyl (C=O) groups is 1. The lowest BCUT2D eigenvalue weighted by atomic mass is 9.98. The second-order valence-electron chi connectivity index (χ2n) is 9.63. The molecule has 5 rings (SSSR count). The van der Waals surface area contributed by atoms with Crippen LogP contribution in [0.15, 0.2) is 36.7 Å². The molecule has 4 heterocycles. The standard InChI is InChI=1S/C24H30FN7O7P/c1-14(21(34)36-3)32(40(35)39-15-8-5-4-6-9-15)37-12-16-18(33)24(2,25)22(38-16)31-13-27-17-19(30-10-7-11-30)28-23(26)29-20(17)31/h4-6,8-9,13-14,16,18,22,33H,7,10-12H2,1-3H3,(H2,26,28,29)/q+1/t14-,16+,18+,22+,24+/m0/s1. The average molecular weight is 579 g/mol. The monoisotopic (exact) mass is 578 g/mol. The number of ether oxygens (including phenoxy) is 2. The summed E-state index contributed by atoms with van der Waals surface area (Å²) in [6.07, 6.45) is -1.91. The van der Waals surface area contributed by atoms with Crippen molar-refractivity contribution in [2.75, 3.05) is 37.4 Å². The number of rotatable bonds is 10. The van der Waals surface area contributed by atoms with Gasteiger partial charge in [0.15, 0.2) is 40.7 Å². The summed E-state index contributed by atoms with van der Waals surface area (Å²) in [6, 6.07) is 7.12. The summed E-state index contributed by atoms with van der Waals surface area (Å²) in [6.45, 7) is 3.68. The third-order valence-corrected chi connectivity index (χ3v) is 8.03. The van der Waals surface area contributed by atoms with Gasteiger partial charge in [0.05, 0.1) is 18.3 Å². The Bertz CT molecular complexity index is 1390. The molecule has 2 fully saturated rings. The number of alkyl halides is 1. The van der Waals surface area contributed by atoms with Crippen LogP contribution >= 0.6 is 8.18 Å². The summed E-state index contributed by atoms with van der Waals surface area (Å²) in [5.41, 5.74) is 4.30. The Morgan fingerprint density at radius 2 is 2.08 bits per heavy atom. The number of esters is 1. The molecule has 1 aromatic carbocycles. The van der Waals surface area contributed by atoms with Gasteiger partial charge in [-0.25, -0.2) is 13.9 Å². The molecule has 214 valence electrons. The topological polar surface area (TPSA) is 167 Å². The van der Waals surface area contributed by atoms with Crippen LogP contribution in [0, 0.1) is 0 Å². The predicted molar refractivity (Wildman–Crippen MR) is 140 cm³/mol. The predicted octanol–water partition coefficient (Wildman–Crippen LogP) is 2.14. The summed E-state index contributed by atoms with van der Waals surface area (Å²) in [5.74, 6) is 0.0564. The van der Waals surface area contributed by atoms with Crippen molar-refractivity contribution in [1.29, 1.82) is 0 Å². The van der Waals surface area contributed by atoms with Crippen molar-refractivity contribution in [2.45, 2.75) is 50.4 Å². The highest BCUT2D eigenvalue weighted by molar-refractivity contribution is 7.36. The number of carbonyl (C=O) groups excluding carboxylic acids is 1. The maximum absolute atomic E-state index is 16.0. The van der Waals surface area contributed by atoms with E-state index in [1.165, 1.54) is 31.9 Å². The lowest BCUT2D eigenvalue weighted by Crippen LogP contribution is -2.43. The third-order valence-electron chi connectivity index (χ3n) is 6.88. The number of aliphatic hydroxyl groups is 1. The number of benzene rings is 1. The zero-order chi connectivity index (χ0) is 28.6. The Morgan fingerprint density at radius 1 is 1.35 bits per heavy atom. The maximum atomic E-state index is 16.0. The van der Waals surface area contributed by atoms with Crippen LogP contribution in [0.5, 0.6) is 5.75 Å². The number of hydrogen-bond acceptors (Lipinski definition) is 12. The first kappa shape index (κ1) is 28.1. The number of nitrogen functional groups attached to an aromatic ring is 1. The Hall–Kier alpha value is -3.49. The van der Waals surface area contributed by atoms with Crippen LogP contribution in [0.2, 0.25) is 0 Å². The van der Waals surface area contributed by atoms with Crippen molar-refractivity contribution >= 4 is 37.1 Å². The van der Waals surface area contributed by atoms with Crippen molar-refractivity contribution in [1.82, 2.24) is 24.4 Å².